The lowest BCUT2D eigenvalue weighted by molar-refractivity contribution is -0.121. The van der Waals surface area contributed by atoms with E-state index in [0.29, 0.717) is 55.6 Å². The van der Waals surface area contributed by atoms with Crippen molar-refractivity contribution in [1.29, 1.82) is 0 Å². The highest BCUT2D eigenvalue weighted by Crippen LogP contribution is 2.39. The molecule has 4 aliphatic rings. The first-order chi connectivity index (χ1) is 24.2. The molecule has 3 fully saturated rings. The van der Waals surface area contributed by atoms with Crippen LogP contribution in [0.25, 0.3) is 0 Å². The molecular formula is C37H53N7O6S. The van der Waals surface area contributed by atoms with Crippen molar-refractivity contribution in [3.05, 3.63) is 59.2 Å². The Labute approximate surface area is 302 Å². The molecule has 0 aromatic heterocycles. The topological polar surface area (TPSA) is 144 Å². The molecule has 4 heterocycles. The average Bonchev–Trinajstić information content (AvgIpc) is 3.39. The lowest BCUT2D eigenvalue weighted by Crippen LogP contribution is -2.53. The fraction of sp³-hybridized carbons (Fsp3) is 0.595. The van der Waals surface area contributed by atoms with Crippen LogP contribution in [0.15, 0.2) is 47.4 Å². The van der Waals surface area contributed by atoms with Gasteiger partial charge >= 0.3 is 12.1 Å². The predicted octanol–water partition coefficient (Wildman–Crippen LogP) is 4.32. The van der Waals surface area contributed by atoms with Crippen LogP contribution < -0.4 is 21.1 Å². The van der Waals surface area contributed by atoms with E-state index in [4.69, 9.17) is 4.74 Å². The number of urea groups is 1. The van der Waals surface area contributed by atoms with Gasteiger partial charge in [0.25, 0.3) is 0 Å². The van der Waals surface area contributed by atoms with Crippen molar-refractivity contribution in [3.63, 3.8) is 0 Å². The number of hydrazine groups is 1. The van der Waals surface area contributed by atoms with Gasteiger partial charge < -0.3 is 24.9 Å². The molecule has 51 heavy (non-hydrogen) atoms. The molecule has 14 heteroatoms. The van der Waals surface area contributed by atoms with Gasteiger partial charge in [-0.05, 0) is 107 Å². The second-order valence-corrected chi connectivity index (χ2v) is 17.5. The maximum absolute atomic E-state index is 13.6. The molecular weight excluding hydrogens is 671 g/mol. The number of fused-ring (bicyclic) bond motifs is 1. The summed E-state index contributed by atoms with van der Waals surface area (Å²) in [5, 5.41) is 7.27. The smallest absolute Gasteiger partial charge is 0.407 e. The molecule has 3 N–H and O–H groups in total. The molecule has 0 saturated carbocycles. The molecule has 278 valence electrons. The quantitative estimate of drug-likeness (QED) is 0.345. The highest BCUT2D eigenvalue weighted by atomic mass is 32.2. The molecule has 2 atom stereocenters. The normalized spacial score (nSPS) is 22.1. The maximum atomic E-state index is 13.6. The molecule has 4 amide bonds. The van der Waals surface area contributed by atoms with Gasteiger partial charge in [-0.15, -0.1) is 0 Å². The number of hydrogen-bond donors (Lipinski definition) is 3. The van der Waals surface area contributed by atoms with Crippen molar-refractivity contribution in [2.24, 2.45) is 5.92 Å². The molecule has 0 aliphatic carbocycles. The third kappa shape index (κ3) is 8.85. The Morgan fingerprint density at radius 2 is 1.73 bits per heavy atom. The largest absolute Gasteiger partial charge is 0.444 e. The van der Waals surface area contributed by atoms with Gasteiger partial charge in [0, 0.05) is 51.3 Å². The number of carbonyl (C=O) groups excluding carboxylic acids is 3. The molecule has 4 aliphatic heterocycles. The number of sulfonamides is 1. The van der Waals surface area contributed by atoms with Gasteiger partial charge in [0.2, 0.25) is 15.9 Å². The van der Waals surface area contributed by atoms with Crippen LogP contribution in [0, 0.1) is 5.92 Å². The van der Waals surface area contributed by atoms with E-state index >= 15 is 0 Å². The molecule has 3 saturated heterocycles. The van der Waals surface area contributed by atoms with Crippen LogP contribution in [-0.4, -0.2) is 98.5 Å². The zero-order valence-corrected chi connectivity index (χ0v) is 31.3. The lowest BCUT2D eigenvalue weighted by atomic mass is 9.87. The molecule has 6 rings (SSSR count). The number of anilines is 1. The van der Waals surface area contributed by atoms with E-state index in [9.17, 15) is 22.8 Å². The Hall–Kier alpha value is -3.72. The molecule has 2 aromatic carbocycles. The van der Waals surface area contributed by atoms with E-state index in [1.165, 1.54) is 9.87 Å². The van der Waals surface area contributed by atoms with E-state index in [-0.39, 0.29) is 24.1 Å². The highest BCUT2D eigenvalue weighted by molar-refractivity contribution is 7.89. The number of likely N-dealkylation sites (tertiary alicyclic amines) is 1. The predicted molar refractivity (Wildman–Crippen MR) is 194 cm³/mol. The number of piperidine rings is 2. The van der Waals surface area contributed by atoms with Gasteiger partial charge in [0.05, 0.1) is 10.6 Å². The summed E-state index contributed by atoms with van der Waals surface area (Å²) in [6, 6.07) is 13.4. The van der Waals surface area contributed by atoms with Gasteiger partial charge in [0.1, 0.15) is 11.8 Å². The van der Waals surface area contributed by atoms with Crippen LogP contribution in [0.1, 0.15) is 88.6 Å². The zero-order chi connectivity index (χ0) is 36.5. The Morgan fingerprint density at radius 1 is 1.00 bits per heavy atom. The Morgan fingerprint density at radius 3 is 2.41 bits per heavy atom. The van der Waals surface area contributed by atoms with E-state index < -0.39 is 21.7 Å². The number of hydrogen-bond acceptors (Lipinski definition) is 9. The summed E-state index contributed by atoms with van der Waals surface area (Å²) in [6.07, 6.45) is 3.50. The molecule has 2 unspecified atom stereocenters. The van der Waals surface area contributed by atoms with Gasteiger partial charge in [-0.2, -0.15) is 4.31 Å². The fourth-order valence-electron chi connectivity index (χ4n) is 7.77. The summed E-state index contributed by atoms with van der Waals surface area (Å²) in [7, 11) is -1.68. The van der Waals surface area contributed by atoms with Crippen molar-refractivity contribution in [3.8, 4) is 0 Å². The Bertz CT molecular complexity index is 1710. The number of ether oxygens (including phenoxy) is 1. The minimum atomic E-state index is -3.64. The van der Waals surface area contributed by atoms with Crippen molar-refractivity contribution in [2.45, 2.75) is 94.8 Å². The first kappa shape index (κ1) is 37.1. The fourth-order valence-corrected chi connectivity index (χ4v) is 9.31. The number of carbonyl (C=O) groups is 3. The van der Waals surface area contributed by atoms with Crippen LogP contribution >= 0.6 is 0 Å². The third-order valence-corrected chi connectivity index (χ3v) is 12.2. The minimum absolute atomic E-state index is 0.117. The van der Waals surface area contributed by atoms with Gasteiger partial charge in [-0.1, -0.05) is 31.2 Å². The average molecular weight is 724 g/mol. The summed E-state index contributed by atoms with van der Waals surface area (Å²) < 4.78 is 34.0. The first-order valence-corrected chi connectivity index (χ1v) is 19.7. The van der Waals surface area contributed by atoms with Crippen LogP contribution in [0.5, 0.6) is 0 Å². The summed E-state index contributed by atoms with van der Waals surface area (Å²) in [5.74, 6) is 0.567. The number of imide groups is 1. The van der Waals surface area contributed by atoms with E-state index in [0.717, 1.165) is 55.7 Å². The summed E-state index contributed by atoms with van der Waals surface area (Å²) in [6.45, 7) is 11.7. The van der Waals surface area contributed by atoms with Crippen LogP contribution in [0.3, 0.4) is 0 Å². The second kappa shape index (κ2) is 15.1. The lowest BCUT2D eigenvalue weighted by Gasteiger charge is -2.34. The van der Waals surface area contributed by atoms with Gasteiger partial charge in [0.15, 0.2) is 0 Å². The van der Waals surface area contributed by atoms with Crippen LogP contribution in [0.2, 0.25) is 0 Å². The molecule has 0 radical (unpaired) electrons. The standard InChI is InChI=1S/C37H53N7O6S/c1-25(21-26-7-6-8-30(22-26)51(48,49)43-18-13-29(14-19-43)38-36(47)50-37(2,3)4)24-42-16-11-27(12-17-42)28-9-10-31-32(23-28)41(5)40-34(31)44-20-15-33(45)39-35(44)46/h6-10,22-23,25,27,29,34,40H,11-21,24H2,1-5H3,(H,38,47)(H,39,45,46). The SMILES string of the molecule is CC(Cc1cccc(S(=O)(=O)N2CCC(NC(=O)OC(C)(C)C)CC2)c1)CN1CCC(c2ccc3c(c2)N(C)NC3N2CCC(=O)NC2=O)CC1. The number of alkyl carbamates (subject to hydrolysis) is 1. The number of nitrogens with zero attached hydrogens (tertiary/aromatic N) is 4. The molecule has 0 bridgehead atoms. The van der Waals surface area contributed by atoms with Crippen LogP contribution in [0.4, 0.5) is 15.3 Å². The third-order valence-electron chi connectivity index (χ3n) is 10.3. The van der Waals surface area contributed by atoms with Gasteiger partial charge in [-0.25, -0.2) is 23.4 Å². The van der Waals surface area contributed by atoms with Crippen LogP contribution in [-0.2, 0) is 26.0 Å². The Balaban J connectivity index is 0.979. The van der Waals surface area contributed by atoms with Crippen molar-refractivity contribution in [2.75, 3.05) is 51.3 Å². The molecule has 2 aromatic rings. The number of rotatable bonds is 9. The second-order valence-electron chi connectivity index (χ2n) is 15.6. The van der Waals surface area contributed by atoms with Gasteiger partial charge in [-0.3, -0.25) is 10.1 Å². The van der Waals surface area contributed by atoms with Crippen molar-refractivity contribution in [1.82, 2.24) is 30.2 Å². The Kier molecular flexibility index (Phi) is 11.0. The molecule has 13 nitrogen and oxygen atoms in total. The number of amides is 4. The van der Waals surface area contributed by atoms with E-state index in [1.54, 1.807) is 11.0 Å². The first-order valence-electron chi connectivity index (χ1n) is 18.2. The summed E-state index contributed by atoms with van der Waals surface area (Å²) in [5.41, 5.74) is 7.21. The monoisotopic (exact) mass is 723 g/mol. The van der Waals surface area contributed by atoms with Crippen molar-refractivity contribution < 1.29 is 27.5 Å². The zero-order valence-electron chi connectivity index (χ0n) is 30.5. The number of benzene rings is 2. The summed E-state index contributed by atoms with van der Waals surface area (Å²) >= 11 is 0. The van der Waals surface area contributed by atoms with E-state index in [2.05, 4.69) is 46.1 Å². The molecule has 0 spiro atoms. The summed E-state index contributed by atoms with van der Waals surface area (Å²) in [4.78, 5) is 40.8. The maximum Gasteiger partial charge on any atom is 0.407 e. The highest BCUT2D eigenvalue weighted by Gasteiger charge is 2.37. The number of nitrogens with one attached hydrogen (secondary N) is 3. The minimum Gasteiger partial charge on any atom is -0.444 e. The van der Waals surface area contributed by atoms with Crippen molar-refractivity contribution >= 4 is 33.7 Å². The van der Waals surface area contributed by atoms with E-state index in [1.807, 2.05) is 51.0 Å².